The number of esters is 1. The second-order valence-electron chi connectivity index (χ2n) is 7.62. The number of allylic oxidation sites excluding steroid dienone is 1. The summed E-state index contributed by atoms with van der Waals surface area (Å²) in [6.45, 7) is 1.79. The molecule has 1 unspecified atom stereocenters. The van der Waals surface area contributed by atoms with Crippen LogP contribution in [0.5, 0.6) is 11.5 Å². The van der Waals surface area contributed by atoms with Crippen molar-refractivity contribution in [1.82, 2.24) is 0 Å². The first-order valence-corrected chi connectivity index (χ1v) is 10.1. The number of nitrogens with two attached hydrogens (primary N) is 1. The third kappa shape index (κ3) is 3.48. The van der Waals surface area contributed by atoms with Gasteiger partial charge in [0.2, 0.25) is 11.6 Å². The molecule has 162 valence electrons. The lowest BCUT2D eigenvalue weighted by molar-refractivity contribution is 0.0702. The van der Waals surface area contributed by atoms with Crippen LogP contribution in [0, 0.1) is 24.1 Å². The van der Waals surface area contributed by atoms with Crippen LogP contribution in [0.4, 0.5) is 4.39 Å². The number of carbonyl (C=O) groups excluding carboxylic acids is 1. The number of furan rings is 1. The summed E-state index contributed by atoms with van der Waals surface area (Å²) in [6.07, 6.45) is 0. The fourth-order valence-electron chi connectivity index (χ4n) is 4.05. The fourth-order valence-corrected chi connectivity index (χ4v) is 4.05. The Bertz CT molecular complexity index is 1500. The van der Waals surface area contributed by atoms with Gasteiger partial charge in [0.1, 0.15) is 34.5 Å². The number of rotatable bonds is 3. The Morgan fingerprint density at radius 1 is 1.12 bits per heavy atom. The minimum absolute atomic E-state index is 0.0872. The van der Waals surface area contributed by atoms with Crippen molar-refractivity contribution in [2.45, 2.75) is 12.8 Å². The predicted octanol–water partition coefficient (Wildman–Crippen LogP) is 5.32. The smallest absolute Gasteiger partial charge is 0.379 e. The van der Waals surface area contributed by atoms with Crippen molar-refractivity contribution < 1.29 is 23.1 Å². The Kier molecular flexibility index (Phi) is 4.83. The van der Waals surface area contributed by atoms with Gasteiger partial charge >= 0.3 is 5.97 Å². The summed E-state index contributed by atoms with van der Waals surface area (Å²) in [4.78, 5) is 12.8. The number of hydrogen-bond donors (Lipinski definition) is 1. The molecule has 4 aromatic rings. The van der Waals surface area contributed by atoms with E-state index in [1.807, 2.05) is 18.2 Å². The second-order valence-corrected chi connectivity index (χ2v) is 7.62. The fraction of sp³-hybridized carbons (Fsp3) is 0.0769. The van der Waals surface area contributed by atoms with Crippen LogP contribution < -0.4 is 15.2 Å². The number of halogens is 1. The van der Waals surface area contributed by atoms with E-state index in [1.54, 1.807) is 37.3 Å². The first-order chi connectivity index (χ1) is 16.0. The highest BCUT2D eigenvalue weighted by atomic mass is 19.1. The number of para-hydroxylation sites is 1. The zero-order valence-corrected chi connectivity index (χ0v) is 17.5. The van der Waals surface area contributed by atoms with Gasteiger partial charge in [-0.15, -0.1) is 0 Å². The first kappa shape index (κ1) is 20.3. The summed E-state index contributed by atoms with van der Waals surface area (Å²) in [5, 5.41) is 10.5. The number of ether oxygens (including phenoxy) is 2. The second kappa shape index (κ2) is 7.84. The summed E-state index contributed by atoms with van der Waals surface area (Å²) in [6, 6.07) is 20.1. The number of hydrogen-bond acceptors (Lipinski definition) is 6. The normalized spacial score (nSPS) is 15.0. The molecule has 5 rings (SSSR count). The maximum Gasteiger partial charge on any atom is 0.379 e. The monoisotopic (exact) mass is 440 g/mol. The number of fused-ring (bicyclic) bond motifs is 2. The molecular formula is C26H17FN2O4. The van der Waals surface area contributed by atoms with Gasteiger partial charge in [-0.2, -0.15) is 5.26 Å². The number of benzene rings is 3. The standard InChI is InChI=1S/C26H17FN2O4/c1-14-18-7-2-3-8-21(18)32-24(14)26(30)31-17-9-10-19-22(12-17)33-25(29)20(13-28)23(19)15-5-4-6-16(27)11-15/h2-12,23H,29H2,1H3. The van der Waals surface area contributed by atoms with E-state index in [2.05, 4.69) is 6.07 Å². The van der Waals surface area contributed by atoms with Gasteiger partial charge in [0.15, 0.2) is 0 Å². The largest absolute Gasteiger partial charge is 0.449 e. The van der Waals surface area contributed by atoms with Gasteiger partial charge in [-0.25, -0.2) is 9.18 Å². The lowest BCUT2D eigenvalue weighted by Gasteiger charge is -2.26. The van der Waals surface area contributed by atoms with Crippen molar-refractivity contribution in [1.29, 1.82) is 5.26 Å². The van der Waals surface area contributed by atoms with Crippen LogP contribution in [0.3, 0.4) is 0 Å². The molecule has 1 aliphatic rings. The van der Waals surface area contributed by atoms with Crippen LogP contribution in [0.2, 0.25) is 0 Å². The van der Waals surface area contributed by atoms with Crippen molar-refractivity contribution in [3.05, 3.63) is 106 Å². The molecule has 33 heavy (non-hydrogen) atoms. The summed E-state index contributed by atoms with van der Waals surface area (Å²) in [5.74, 6) is -1.14. The van der Waals surface area contributed by atoms with Crippen molar-refractivity contribution >= 4 is 16.9 Å². The zero-order chi connectivity index (χ0) is 23.1. The van der Waals surface area contributed by atoms with Crippen LogP contribution in [0.1, 0.15) is 33.2 Å². The van der Waals surface area contributed by atoms with E-state index in [0.717, 1.165) is 5.39 Å². The Morgan fingerprint density at radius 3 is 2.70 bits per heavy atom. The van der Waals surface area contributed by atoms with Crippen LogP contribution in [-0.2, 0) is 0 Å². The lowest BCUT2D eigenvalue weighted by atomic mass is 9.83. The van der Waals surface area contributed by atoms with Crippen LogP contribution >= 0.6 is 0 Å². The van der Waals surface area contributed by atoms with E-state index < -0.39 is 17.7 Å². The molecule has 1 atom stereocenters. The topological polar surface area (TPSA) is 98.5 Å². The molecule has 1 aliphatic heterocycles. The van der Waals surface area contributed by atoms with E-state index in [9.17, 15) is 14.4 Å². The number of aryl methyl sites for hydroxylation is 1. The SMILES string of the molecule is Cc1c(C(=O)Oc2ccc3c(c2)OC(N)=C(C#N)C3c2cccc(F)c2)oc2ccccc12. The van der Waals surface area contributed by atoms with E-state index in [0.29, 0.717) is 28.0 Å². The van der Waals surface area contributed by atoms with Crippen molar-refractivity contribution in [3.63, 3.8) is 0 Å². The predicted molar refractivity (Wildman–Crippen MR) is 118 cm³/mol. The van der Waals surface area contributed by atoms with Gasteiger partial charge in [0, 0.05) is 22.6 Å². The van der Waals surface area contributed by atoms with Gasteiger partial charge < -0.3 is 19.6 Å². The summed E-state index contributed by atoms with van der Waals surface area (Å²) in [5.41, 5.74) is 8.61. The summed E-state index contributed by atoms with van der Waals surface area (Å²) in [7, 11) is 0. The molecule has 7 heteroatoms. The quantitative estimate of drug-likeness (QED) is 0.342. The molecule has 3 aromatic carbocycles. The van der Waals surface area contributed by atoms with Gasteiger partial charge in [-0.3, -0.25) is 0 Å². The maximum absolute atomic E-state index is 13.9. The maximum atomic E-state index is 13.9. The molecule has 0 saturated carbocycles. The van der Waals surface area contributed by atoms with Gasteiger partial charge in [-0.05, 0) is 36.8 Å². The van der Waals surface area contributed by atoms with Crippen molar-refractivity contribution in [2.24, 2.45) is 5.73 Å². The van der Waals surface area contributed by atoms with E-state index >= 15 is 0 Å². The third-order valence-electron chi connectivity index (χ3n) is 5.61. The molecule has 0 radical (unpaired) electrons. The van der Waals surface area contributed by atoms with Crippen molar-refractivity contribution in [3.8, 4) is 17.6 Å². The lowest BCUT2D eigenvalue weighted by Crippen LogP contribution is -2.21. The van der Waals surface area contributed by atoms with Gasteiger partial charge in [0.05, 0.1) is 5.92 Å². The molecule has 1 aromatic heterocycles. The molecule has 0 aliphatic carbocycles. The van der Waals surface area contributed by atoms with E-state index in [-0.39, 0.29) is 23.0 Å². The molecule has 0 spiro atoms. The molecule has 2 N–H and O–H groups in total. The molecule has 0 amide bonds. The number of nitriles is 1. The molecule has 0 saturated heterocycles. The van der Waals surface area contributed by atoms with Crippen LogP contribution in [0.25, 0.3) is 11.0 Å². The summed E-state index contributed by atoms with van der Waals surface area (Å²) >= 11 is 0. The average Bonchev–Trinajstić information content (AvgIpc) is 3.15. The number of carbonyl (C=O) groups is 1. The first-order valence-electron chi connectivity index (χ1n) is 10.1. The average molecular weight is 440 g/mol. The molecule has 6 nitrogen and oxygen atoms in total. The highest BCUT2D eigenvalue weighted by Gasteiger charge is 2.31. The molecular weight excluding hydrogens is 423 g/mol. The molecule has 0 bridgehead atoms. The van der Waals surface area contributed by atoms with E-state index in [4.69, 9.17) is 19.6 Å². The molecule has 2 heterocycles. The third-order valence-corrected chi connectivity index (χ3v) is 5.61. The summed E-state index contributed by atoms with van der Waals surface area (Å²) < 4.78 is 30.7. The highest BCUT2D eigenvalue weighted by molar-refractivity contribution is 5.96. The molecule has 0 fully saturated rings. The van der Waals surface area contributed by atoms with Crippen molar-refractivity contribution in [2.75, 3.05) is 0 Å². The zero-order valence-electron chi connectivity index (χ0n) is 17.5. The minimum Gasteiger partial charge on any atom is -0.449 e. The van der Waals surface area contributed by atoms with E-state index in [1.165, 1.54) is 18.2 Å². The Labute approximate surface area is 188 Å². The van der Waals surface area contributed by atoms with Crippen LogP contribution in [-0.4, -0.2) is 5.97 Å². The highest BCUT2D eigenvalue weighted by Crippen LogP contribution is 2.43. The van der Waals surface area contributed by atoms with Crippen LogP contribution in [0.15, 0.2) is 82.6 Å². The minimum atomic E-state index is -0.651. The number of nitrogens with zero attached hydrogens (tertiary/aromatic N) is 1. The Balaban J connectivity index is 1.50. The van der Waals surface area contributed by atoms with Gasteiger partial charge in [-0.1, -0.05) is 36.4 Å². The Hall–Kier alpha value is -4.57. The van der Waals surface area contributed by atoms with Gasteiger partial charge in [0.25, 0.3) is 0 Å². The Morgan fingerprint density at radius 2 is 1.94 bits per heavy atom.